The maximum Gasteiger partial charge on any atom is 0.227 e. The molecule has 1 aromatic rings. The van der Waals surface area contributed by atoms with Crippen LogP contribution in [0, 0.1) is 5.92 Å². The fraction of sp³-hybridized carbons (Fsp3) is 0.462. The summed E-state index contributed by atoms with van der Waals surface area (Å²) in [5, 5.41) is 2.98. The van der Waals surface area contributed by atoms with Crippen LogP contribution < -0.4 is 11.1 Å². The Labute approximate surface area is 115 Å². The molecule has 3 N–H and O–H groups in total. The van der Waals surface area contributed by atoms with Gasteiger partial charge in [0.2, 0.25) is 5.91 Å². The van der Waals surface area contributed by atoms with Crippen molar-refractivity contribution < 1.29 is 9.53 Å². The Kier molecular flexibility index (Phi) is 4.37. The van der Waals surface area contributed by atoms with Crippen LogP contribution in [0.15, 0.2) is 28.7 Å². The smallest absolute Gasteiger partial charge is 0.227 e. The Bertz CT molecular complexity index is 439. The van der Waals surface area contributed by atoms with E-state index in [4.69, 9.17) is 10.5 Å². The van der Waals surface area contributed by atoms with Crippen LogP contribution in [0.3, 0.4) is 0 Å². The molecule has 1 fully saturated rings. The molecule has 0 radical (unpaired) electrons. The molecular formula is C13H17BrN2O2. The molecule has 1 amide bonds. The van der Waals surface area contributed by atoms with Crippen LogP contribution >= 0.6 is 15.9 Å². The van der Waals surface area contributed by atoms with Gasteiger partial charge in [-0.2, -0.15) is 0 Å². The second-order valence-corrected chi connectivity index (χ2v) is 5.41. The van der Waals surface area contributed by atoms with E-state index in [1.54, 1.807) is 0 Å². The third-order valence-electron chi connectivity index (χ3n) is 3.19. The molecule has 3 atom stereocenters. The van der Waals surface area contributed by atoms with Gasteiger partial charge in [0, 0.05) is 10.5 Å². The Morgan fingerprint density at radius 1 is 1.50 bits per heavy atom. The summed E-state index contributed by atoms with van der Waals surface area (Å²) in [6.07, 6.45) is 0. The third-order valence-corrected chi connectivity index (χ3v) is 3.91. The molecule has 98 valence electrons. The van der Waals surface area contributed by atoms with E-state index in [0.717, 1.165) is 10.0 Å². The molecule has 0 saturated carbocycles. The van der Waals surface area contributed by atoms with Gasteiger partial charge < -0.3 is 15.8 Å². The predicted molar refractivity (Wildman–Crippen MR) is 73.0 cm³/mol. The quantitative estimate of drug-likeness (QED) is 0.891. The second-order valence-electron chi connectivity index (χ2n) is 4.56. The molecule has 18 heavy (non-hydrogen) atoms. The summed E-state index contributed by atoms with van der Waals surface area (Å²) in [5.41, 5.74) is 6.88. The van der Waals surface area contributed by atoms with Crippen molar-refractivity contribution in [3.05, 3.63) is 34.3 Å². The first-order chi connectivity index (χ1) is 8.59. The van der Waals surface area contributed by atoms with Crippen molar-refractivity contribution in [1.82, 2.24) is 5.32 Å². The van der Waals surface area contributed by atoms with Crippen molar-refractivity contribution in [2.24, 2.45) is 11.7 Å². The second kappa shape index (κ2) is 5.82. The molecule has 4 nitrogen and oxygen atoms in total. The minimum absolute atomic E-state index is 0.0387. The van der Waals surface area contributed by atoms with Gasteiger partial charge in [-0.3, -0.25) is 4.79 Å². The number of carbonyl (C=O) groups is 1. The average Bonchev–Trinajstić information content (AvgIpc) is 2.76. The minimum Gasteiger partial charge on any atom is -0.379 e. The lowest BCUT2D eigenvalue weighted by atomic mass is 10.0. The number of amides is 1. The molecule has 2 rings (SSSR count). The van der Waals surface area contributed by atoms with E-state index in [0.29, 0.717) is 13.2 Å². The molecular weight excluding hydrogens is 296 g/mol. The van der Waals surface area contributed by atoms with Gasteiger partial charge in [0.25, 0.3) is 0 Å². The van der Waals surface area contributed by atoms with Crippen molar-refractivity contribution >= 4 is 21.8 Å². The molecule has 0 bridgehead atoms. The zero-order valence-corrected chi connectivity index (χ0v) is 11.8. The minimum atomic E-state index is -0.241. The zero-order chi connectivity index (χ0) is 13.1. The molecule has 0 spiro atoms. The van der Waals surface area contributed by atoms with E-state index < -0.39 is 0 Å². The number of nitrogens with two attached hydrogens (primary N) is 1. The lowest BCUT2D eigenvalue weighted by Gasteiger charge is -2.19. The first-order valence-electron chi connectivity index (χ1n) is 5.97. The lowest BCUT2D eigenvalue weighted by Crippen LogP contribution is -2.41. The SMILES string of the molecule is C[C@H](NC(=O)C1COCC1N)c1ccccc1Br. The van der Waals surface area contributed by atoms with Crippen molar-refractivity contribution in [2.45, 2.75) is 19.0 Å². The van der Waals surface area contributed by atoms with E-state index in [1.165, 1.54) is 0 Å². The zero-order valence-electron chi connectivity index (χ0n) is 10.2. The van der Waals surface area contributed by atoms with E-state index in [1.807, 2.05) is 31.2 Å². The number of benzene rings is 1. The van der Waals surface area contributed by atoms with Crippen molar-refractivity contribution in [2.75, 3.05) is 13.2 Å². The first kappa shape index (κ1) is 13.5. The number of hydrogen-bond donors (Lipinski definition) is 2. The summed E-state index contributed by atoms with van der Waals surface area (Å²) in [6, 6.07) is 7.59. The van der Waals surface area contributed by atoms with Crippen LogP contribution in [0.5, 0.6) is 0 Å². The highest BCUT2D eigenvalue weighted by atomic mass is 79.9. The summed E-state index contributed by atoms with van der Waals surface area (Å²) in [7, 11) is 0. The summed E-state index contributed by atoms with van der Waals surface area (Å²) >= 11 is 3.48. The Hall–Kier alpha value is -0.910. The number of halogens is 1. The van der Waals surface area contributed by atoms with Gasteiger partial charge in [-0.25, -0.2) is 0 Å². The Morgan fingerprint density at radius 2 is 2.22 bits per heavy atom. The van der Waals surface area contributed by atoms with Crippen LogP contribution in [-0.4, -0.2) is 25.2 Å². The van der Waals surface area contributed by atoms with Gasteiger partial charge in [-0.15, -0.1) is 0 Å². The normalized spacial score (nSPS) is 24.8. The van der Waals surface area contributed by atoms with Crippen molar-refractivity contribution in [1.29, 1.82) is 0 Å². The van der Waals surface area contributed by atoms with Crippen LogP contribution in [0.4, 0.5) is 0 Å². The molecule has 1 saturated heterocycles. The molecule has 1 aliphatic heterocycles. The van der Waals surface area contributed by atoms with Gasteiger partial charge in [0.15, 0.2) is 0 Å². The molecule has 5 heteroatoms. The van der Waals surface area contributed by atoms with Crippen LogP contribution in [-0.2, 0) is 9.53 Å². The van der Waals surface area contributed by atoms with Crippen molar-refractivity contribution in [3.8, 4) is 0 Å². The molecule has 1 heterocycles. The highest BCUT2D eigenvalue weighted by Crippen LogP contribution is 2.23. The number of ether oxygens (including phenoxy) is 1. The highest BCUT2D eigenvalue weighted by Gasteiger charge is 2.32. The summed E-state index contributed by atoms with van der Waals surface area (Å²) in [5.74, 6) is -0.279. The van der Waals surface area contributed by atoms with E-state index >= 15 is 0 Å². The average molecular weight is 313 g/mol. The number of rotatable bonds is 3. The standard InChI is InChI=1S/C13H17BrN2O2/c1-8(9-4-2-3-5-11(9)14)16-13(17)10-6-18-7-12(10)15/h2-5,8,10,12H,6-7,15H2,1H3,(H,16,17)/t8-,10?,12?/m0/s1. The van der Waals surface area contributed by atoms with E-state index in [-0.39, 0.29) is 23.9 Å². The summed E-state index contributed by atoms with van der Waals surface area (Å²) in [6.45, 7) is 2.83. The van der Waals surface area contributed by atoms with Gasteiger partial charge in [0.05, 0.1) is 25.2 Å². The van der Waals surface area contributed by atoms with Gasteiger partial charge >= 0.3 is 0 Å². The molecule has 0 aliphatic carbocycles. The lowest BCUT2D eigenvalue weighted by molar-refractivity contribution is -0.125. The number of carbonyl (C=O) groups excluding carboxylic acids is 1. The molecule has 0 aromatic heterocycles. The van der Waals surface area contributed by atoms with Gasteiger partial charge in [0.1, 0.15) is 0 Å². The maximum atomic E-state index is 12.1. The van der Waals surface area contributed by atoms with Crippen molar-refractivity contribution in [3.63, 3.8) is 0 Å². The van der Waals surface area contributed by atoms with E-state index in [2.05, 4.69) is 21.2 Å². The topological polar surface area (TPSA) is 64.3 Å². The predicted octanol–water partition coefficient (Wildman–Crippen LogP) is 1.60. The highest BCUT2D eigenvalue weighted by molar-refractivity contribution is 9.10. The number of nitrogens with one attached hydrogen (secondary N) is 1. The molecule has 1 aliphatic rings. The Morgan fingerprint density at radius 3 is 2.83 bits per heavy atom. The molecule has 2 unspecified atom stereocenters. The maximum absolute atomic E-state index is 12.1. The van der Waals surface area contributed by atoms with Crippen LogP contribution in [0.25, 0.3) is 0 Å². The summed E-state index contributed by atoms with van der Waals surface area (Å²) < 4.78 is 6.20. The summed E-state index contributed by atoms with van der Waals surface area (Å²) in [4.78, 5) is 12.1. The van der Waals surface area contributed by atoms with E-state index in [9.17, 15) is 4.79 Å². The van der Waals surface area contributed by atoms with Crippen LogP contribution in [0.2, 0.25) is 0 Å². The Balaban J connectivity index is 2.01. The third kappa shape index (κ3) is 2.91. The molecule has 1 aromatic carbocycles. The largest absolute Gasteiger partial charge is 0.379 e. The number of hydrogen-bond acceptors (Lipinski definition) is 3. The fourth-order valence-electron chi connectivity index (χ4n) is 2.07. The van der Waals surface area contributed by atoms with Gasteiger partial charge in [-0.1, -0.05) is 34.1 Å². The van der Waals surface area contributed by atoms with Crippen LogP contribution in [0.1, 0.15) is 18.5 Å². The van der Waals surface area contributed by atoms with Gasteiger partial charge in [-0.05, 0) is 18.6 Å². The first-order valence-corrected chi connectivity index (χ1v) is 6.77. The fourth-order valence-corrected chi connectivity index (χ4v) is 2.69. The monoisotopic (exact) mass is 312 g/mol.